The summed E-state index contributed by atoms with van der Waals surface area (Å²) in [5.41, 5.74) is 2.47. The molecule has 2 heterocycles. The molecule has 1 saturated heterocycles. The molecule has 1 unspecified atom stereocenters. The summed E-state index contributed by atoms with van der Waals surface area (Å²) in [7, 11) is 4.18. The van der Waals surface area contributed by atoms with Gasteiger partial charge in [0.25, 0.3) is 0 Å². The van der Waals surface area contributed by atoms with E-state index >= 15 is 0 Å². The SMILES string of the molecule is CC1CCCN(c2ccc(Br)nc2CN(C)C)C1. The fraction of sp³-hybridized carbons (Fsp3) is 0.643. The third kappa shape index (κ3) is 3.45. The van der Waals surface area contributed by atoms with Gasteiger partial charge in [-0.2, -0.15) is 0 Å². The van der Waals surface area contributed by atoms with Crippen molar-refractivity contribution in [2.45, 2.75) is 26.3 Å². The number of hydrogen-bond acceptors (Lipinski definition) is 3. The zero-order chi connectivity index (χ0) is 13.1. The van der Waals surface area contributed by atoms with Crippen LogP contribution in [0.25, 0.3) is 0 Å². The molecule has 0 saturated carbocycles. The molecule has 1 aromatic rings. The second-order valence-electron chi connectivity index (χ2n) is 5.53. The standard InChI is InChI=1S/C14H22BrN3/c1-11-5-4-8-18(9-11)13-6-7-14(15)16-12(13)10-17(2)3/h6-7,11H,4-5,8-10H2,1-3H3. The van der Waals surface area contributed by atoms with Crippen molar-refractivity contribution >= 4 is 21.6 Å². The van der Waals surface area contributed by atoms with Gasteiger partial charge >= 0.3 is 0 Å². The Bertz CT molecular complexity index is 406. The minimum Gasteiger partial charge on any atom is -0.370 e. The molecule has 0 amide bonds. The van der Waals surface area contributed by atoms with Crippen LogP contribution in [0.4, 0.5) is 5.69 Å². The number of rotatable bonds is 3. The molecule has 1 aliphatic heterocycles. The van der Waals surface area contributed by atoms with Crippen LogP contribution in [-0.4, -0.2) is 37.1 Å². The van der Waals surface area contributed by atoms with Crippen LogP contribution in [0.1, 0.15) is 25.5 Å². The molecule has 3 nitrogen and oxygen atoms in total. The molecule has 0 bridgehead atoms. The highest BCUT2D eigenvalue weighted by Gasteiger charge is 2.19. The zero-order valence-electron chi connectivity index (χ0n) is 11.5. The maximum Gasteiger partial charge on any atom is 0.106 e. The topological polar surface area (TPSA) is 19.4 Å². The molecule has 0 aliphatic carbocycles. The fourth-order valence-corrected chi connectivity index (χ4v) is 2.93. The quantitative estimate of drug-likeness (QED) is 0.799. The minimum absolute atomic E-state index is 0.787. The number of anilines is 1. The molecular weight excluding hydrogens is 290 g/mol. The normalized spacial score (nSPS) is 20.5. The van der Waals surface area contributed by atoms with Crippen LogP contribution in [-0.2, 0) is 6.54 Å². The molecule has 100 valence electrons. The maximum atomic E-state index is 4.65. The van der Waals surface area contributed by atoms with E-state index < -0.39 is 0 Å². The predicted octanol–water partition coefficient (Wildman–Crippen LogP) is 3.14. The highest BCUT2D eigenvalue weighted by Crippen LogP contribution is 2.27. The molecule has 0 spiro atoms. The summed E-state index contributed by atoms with van der Waals surface area (Å²) in [4.78, 5) is 9.31. The summed E-state index contributed by atoms with van der Waals surface area (Å²) < 4.78 is 0.924. The van der Waals surface area contributed by atoms with Crippen LogP contribution < -0.4 is 4.90 Å². The van der Waals surface area contributed by atoms with Gasteiger partial charge in [-0.05, 0) is 60.9 Å². The second kappa shape index (κ2) is 6.02. The number of aromatic nitrogens is 1. The fourth-order valence-electron chi connectivity index (χ4n) is 2.58. The van der Waals surface area contributed by atoms with Crippen LogP contribution in [0.15, 0.2) is 16.7 Å². The molecular formula is C14H22BrN3. The Morgan fingerprint density at radius 2 is 2.22 bits per heavy atom. The van der Waals surface area contributed by atoms with Crippen molar-refractivity contribution in [3.63, 3.8) is 0 Å². The molecule has 0 N–H and O–H groups in total. The second-order valence-corrected chi connectivity index (χ2v) is 6.34. The lowest BCUT2D eigenvalue weighted by Crippen LogP contribution is -2.35. The van der Waals surface area contributed by atoms with Crippen molar-refractivity contribution in [1.82, 2.24) is 9.88 Å². The number of pyridine rings is 1. The van der Waals surface area contributed by atoms with Crippen molar-refractivity contribution in [1.29, 1.82) is 0 Å². The van der Waals surface area contributed by atoms with Crippen LogP contribution in [0.5, 0.6) is 0 Å². The first-order chi connectivity index (χ1) is 8.56. The molecule has 1 atom stereocenters. The molecule has 1 fully saturated rings. The Balaban J connectivity index is 2.25. The van der Waals surface area contributed by atoms with E-state index in [2.05, 4.69) is 57.8 Å². The van der Waals surface area contributed by atoms with E-state index in [1.807, 2.05) is 6.07 Å². The van der Waals surface area contributed by atoms with Crippen molar-refractivity contribution in [2.24, 2.45) is 5.92 Å². The number of hydrogen-bond donors (Lipinski definition) is 0. The summed E-state index contributed by atoms with van der Waals surface area (Å²) in [5, 5.41) is 0. The molecule has 1 aromatic heterocycles. The van der Waals surface area contributed by atoms with E-state index in [4.69, 9.17) is 0 Å². The van der Waals surface area contributed by atoms with Crippen LogP contribution in [0, 0.1) is 5.92 Å². The van der Waals surface area contributed by atoms with Gasteiger partial charge < -0.3 is 9.80 Å². The third-order valence-corrected chi connectivity index (χ3v) is 3.82. The average Bonchev–Trinajstić information content (AvgIpc) is 2.28. The maximum absolute atomic E-state index is 4.65. The van der Waals surface area contributed by atoms with Gasteiger partial charge in [0.05, 0.1) is 11.4 Å². The van der Waals surface area contributed by atoms with Gasteiger partial charge in [0, 0.05) is 19.6 Å². The Labute approximate surface area is 118 Å². The highest BCUT2D eigenvalue weighted by molar-refractivity contribution is 9.10. The largest absolute Gasteiger partial charge is 0.370 e. The summed E-state index contributed by atoms with van der Waals surface area (Å²) in [6.07, 6.45) is 2.64. The van der Waals surface area contributed by atoms with Gasteiger partial charge in [-0.1, -0.05) is 6.92 Å². The number of halogens is 1. The first-order valence-electron chi connectivity index (χ1n) is 6.61. The molecule has 2 rings (SSSR count). The van der Waals surface area contributed by atoms with Crippen molar-refractivity contribution in [2.75, 3.05) is 32.1 Å². The van der Waals surface area contributed by atoms with Gasteiger partial charge in [0.2, 0.25) is 0 Å². The number of piperidine rings is 1. The zero-order valence-corrected chi connectivity index (χ0v) is 13.1. The van der Waals surface area contributed by atoms with E-state index in [1.54, 1.807) is 0 Å². The summed E-state index contributed by atoms with van der Waals surface area (Å²) in [5.74, 6) is 0.787. The number of nitrogens with zero attached hydrogens (tertiary/aromatic N) is 3. The predicted molar refractivity (Wildman–Crippen MR) is 79.9 cm³/mol. The lowest BCUT2D eigenvalue weighted by atomic mass is 9.99. The first-order valence-corrected chi connectivity index (χ1v) is 7.40. The third-order valence-electron chi connectivity index (χ3n) is 3.38. The van der Waals surface area contributed by atoms with Gasteiger partial charge in [0.1, 0.15) is 4.60 Å². The van der Waals surface area contributed by atoms with Crippen molar-refractivity contribution in [3.05, 3.63) is 22.4 Å². The van der Waals surface area contributed by atoms with E-state index in [-0.39, 0.29) is 0 Å². The lowest BCUT2D eigenvalue weighted by molar-refractivity contribution is 0.393. The molecule has 0 aromatic carbocycles. The van der Waals surface area contributed by atoms with E-state index in [0.717, 1.165) is 30.2 Å². The van der Waals surface area contributed by atoms with Crippen LogP contribution in [0.2, 0.25) is 0 Å². The molecule has 4 heteroatoms. The molecule has 0 radical (unpaired) electrons. The van der Waals surface area contributed by atoms with Gasteiger partial charge in [-0.3, -0.25) is 0 Å². The highest BCUT2D eigenvalue weighted by atomic mass is 79.9. The van der Waals surface area contributed by atoms with Crippen molar-refractivity contribution in [3.8, 4) is 0 Å². The monoisotopic (exact) mass is 311 g/mol. The van der Waals surface area contributed by atoms with Gasteiger partial charge in [-0.25, -0.2) is 4.98 Å². The summed E-state index contributed by atoms with van der Waals surface area (Å²) >= 11 is 3.47. The smallest absolute Gasteiger partial charge is 0.106 e. The van der Waals surface area contributed by atoms with Crippen molar-refractivity contribution < 1.29 is 0 Å². The van der Waals surface area contributed by atoms with Gasteiger partial charge in [0.15, 0.2) is 0 Å². The minimum atomic E-state index is 0.787. The first kappa shape index (κ1) is 13.8. The van der Waals surface area contributed by atoms with Crippen LogP contribution in [0.3, 0.4) is 0 Å². The summed E-state index contributed by atoms with van der Waals surface area (Å²) in [6.45, 7) is 5.54. The van der Waals surface area contributed by atoms with E-state index in [1.165, 1.54) is 24.2 Å². The Hall–Kier alpha value is -0.610. The van der Waals surface area contributed by atoms with E-state index in [0.29, 0.717) is 0 Å². The van der Waals surface area contributed by atoms with Crippen LogP contribution >= 0.6 is 15.9 Å². The van der Waals surface area contributed by atoms with Gasteiger partial charge in [-0.15, -0.1) is 0 Å². The average molecular weight is 312 g/mol. The van der Waals surface area contributed by atoms with E-state index in [9.17, 15) is 0 Å². The Kier molecular flexibility index (Phi) is 4.62. The lowest BCUT2D eigenvalue weighted by Gasteiger charge is -2.34. The summed E-state index contributed by atoms with van der Waals surface area (Å²) in [6, 6.07) is 4.25. The Morgan fingerprint density at radius 1 is 1.44 bits per heavy atom. The molecule has 1 aliphatic rings. The molecule has 18 heavy (non-hydrogen) atoms. The Morgan fingerprint density at radius 3 is 2.89 bits per heavy atom.